The monoisotopic (exact) mass is 362 g/mol. The van der Waals surface area contributed by atoms with E-state index >= 15 is 0 Å². The van der Waals surface area contributed by atoms with Crippen molar-refractivity contribution in [2.75, 3.05) is 33.9 Å². The van der Waals surface area contributed by atoms with Crippen molar-refractivity contribution in [1.82, 2.24) is 15.6 Å². The van der Waals surface area contributed by atoms with E-state index in [0.29, 0.717) is 24.4 Å². The molecule has 0 atom stereocenters. The SMILES string of the molecule is CCCOc1ccc(CNC(=NC)NCC2(CCOC)CCCC2)cn1. The molecule has 2 N–H and O–H groups in total. The van der Waals surface area contributed by atoms with Crippen LogP contribution in [0.1, 0.15) is 51.0 Å². The number of hydrogen-bond donors (Lipinski definition) is 2. The van der Waals surface area contributed by atoms with Gasteiger partial charge in [0, 0.05) is 46.1 Å². The molecule has 0 unspecified atom stereocenters. The van der Waals surface area contributed by atoms with Crippen LogP contribution in [0.4, 0.5) is 0 Å². The number of rotatable bonds is 10. The third-order valence-electron chi connectivity index (χ3n) is 5.07. The van der Waals surface area contributed by atoms with Crippen LogP contribution in [-0.4, -0.2) is 44.9 Å². The van der Waals surface area contributed by atoms with E-state index in [4.69, 9.17) is 9.47 Å². The van der Waals surface area contributed by atoms with E-state index in [1.165, 1.54) is 25.7 Å². The Morgan fingerprint density at radius 2 is 2.04 bits per heavy atom. The van der Waals surface area contributed by atoms with E-state index in [-0.39, 0.29) is 0 Å². The zero-order valence-electron chi connectivity index (χ0n) is 16.5. The summed E-state index contributed by atoms with van der Waals surface area (Å²) in [5, 5.41) is 6.88. The minimum absolute atomic E-state index is 0.341. The first-order valence-corrected chi connectivity index (χ1v) is 9.72. The Kier molecular flexibility index (Phi) is 8.68. The highest BCUT2D eigenvalue weighted by Gasteiger charge is 2.33. The van der Waals surface area contributed by atoms with Crippen LogP contribution in [0.5, 0.6) is 5.88 Å². The lowest BCUT2D eigenvalue weighted by molar-refractivity contribution is 0.138. The summed E-state index contributed by atoms with van der Waals surface area (Å²) in [5.41, 5.74) is 1.44. The lowest BCUT2D eigenvalue weighted by Gasteiger charge is -2.30. The van der Waals surface area contributed by atoms with Crippen LogP contribution in [0.2, 0.25) is 0 Å². The molecule has 1 fully saturated rings. The molecule has 0 bridgehead atoms. The molecule has 1 saturated carbocycles. The number of guanidine groups is 1. The molecule has 6 nitrogen and oxygen atoms in total. The number of pyridine rings is 1. The Balaban J connectivity index is 1.80. The van der Waals surface area contributed by atoms with Crippen LogP contribution in [0.25, 0.3) is 0 Å². The van der Waals surface area contributed by atoms with E-state index in [1.807, 2.05) is 25.4 Å². The van der Waals surface area contributed by atoms with Crippen molar-refractivity contribution < 1.29 is 9.47 Å². The van der Waals surface area contributed by atoms with Gasteiger partial charge in [0.15, 0.2) is 5.96 Å². The first-order chi connectivity index (χ1) is 12.7. The van der Waals surface area contributed by atoms with Crippen LogP contribution in [0.15, 0.2) is 23.3 Å². The third kappa shape index (κ3) is 6.48. The number of methoxy groups -OCH3 is 1. The average Bonchev–Trinajstić information content (AvgIpc) is 3.15. The van der Waals surface area contributed by atoms with E-state index in [9.17, 15) is 0 Å². The normalized spacial score (nSPS) is 16.5. The van der Waals surface area contributed by atoms with Gasteiger partial charge in [0.25, 0.3) is 0 Å². The second-order valence-electron chi connectivity index (χ2n) is 7.08. The Morgan fingerprint density at radius 3 is 2.65 bits per heavy atom. The quantitative estimate of drug-likeness (QED) is 0.494. The van der Waals surface area contributed by atoms with Crippen LogP contribution in [0.3, 0.4) is 0 Å². The summed E-state index contributed by atoms with van der Waals surface area (Å²) in [6.07, 6.45) is 9.11. The highest BCUT2D eigenvalue weighted by molar-refractivity contribution is 5.79. The molecule has 0 spiro atoms. The number of ether oxygens (including phenoxy) is 2. The fourth-order valence-electron chi connectivity index (χ4n) is 3.44. The predicted octanol–water partition coefficient (Wildman–Crippen LogP) is 3.13. The van der Waals surface area contributed by atoms with Crippen LogP contribution >= 0.6 is 0 Å². The molecular formula is C20H34N4O2. The van der Waals surface area contributed by atoms with Gasteiger partial charge in [-0.2, -0.15) is 0 Å². The Bertz CT molecular complexity index is 539. The zero-order chi connectivity index (χ0) is 18.7. The summed E-state index contributed by atoms with van der Waals surface area (Å²) < 4.78 is 10.8. The van der Waals surface area contributed by atoms with Gasteiger partial charge in [-0.3, -0.25) is 4.99 Å². The van der Waals surface area contributed by atoms with E-state index in [0.717, 1.165) is 37.5 Å². The molecule has 1 aliphatic rings. The van der Waals surface area contributed by atoms with Gasteiger partial charge in [-0.05, 0) is 36.7 Å². The fraction of sp³-hybridized carbons (Fsp3) is 0.700. The number of nitrogens with one attached hydrogen (secondary N) is 2. The number of hydrogen-bond acceptors (Lipinski definition) is 4. The fourth-order valence-corrected chi connectivity index (χ4v) is 3.44. The number of aromatic nitrogens is 1. The lowest BCUT2D eigenvalue weighted by Crippen LogP contribution is -2.43. The van der Waals surface area contributed by atoms with Crippen molar-refractivity contribution >= 4 is 5.96 Å². The maximum absolute atomic E-state index is 5.52. The van der Waals surface area contributed by atoms with Crippen molar-refractivity contribution in [3.8, 4) is 5.88 Å². The molecular weight excluding hydrogens is 328 g/mol. The predicted molar refractivity (Wildman–Crippen MR) is 106 cm³/mol. The van der Waals surface area contributed by atoms with Crippen molar-refractivity contribution in [1.29, 1.82) is 0 Å². The summed E-state index contributed by atoms with van der Waals surface area (Å²) in [4.78, 5) is 8.69. The molecule has 146 valence electrons. The summed E-state index contributed by atoms with van der Waals surface area (Å²) in [6.45, 7) is 5.24. The lowest BCUT2D eigenvalue weighted by atomic mass is 9.83. The van der Waals surface area contributed by atoms with Gasteiger partial charge < -0.3 is 20.1 Å². The van der Waals surface area contributed by atoms with Gasteiger partial charge in [-0.25, -0.2) is 4.98 Å². The van der Waals surface area contributed by atoms with E-state index in [2.05, 4.69) is 27.5 Å². The second-order valence-corrected chi connectivity index (χ2v) is 7.08. The first kappa shape index (κ1) is 20.5. The van der Waals surface area contributed by atoms with Gasteiger partial charge in [-0.1, -0.05) is 25.8 Å². The van der Waals surface area contributed by atoms with Crippen molar-refractivity contribution in [2.24, 2.45) is 10.4 Å². The van der Waals surface area contributed by atoms with Crippen molar-refractivity contribution in [3.63, 3.8) is 0 Å². The molecule has 6 heteroatoms. The van der Waals surface area contributed by atoms with Crippen LogP contribution in [0, 0.1) is 5.41 Å². The summed E-state index contributed by atoms with van der Waals surface area (Å²) >= 11 is 0. The minimum Gasteiger partial charge on any atom is -0.478 e. The molecule has 0 aliphatic heterocycles. The Labute approximate surface area is 157 Å². The molecule has 0 amide bonds. The smallest absolute Gasteiger partial charge is 0.213 e. The molecule has 0 saturated heterocycles. The molecule has 1 aromatic rings. The van der Waals surface area contributed by atoms with E-state index in [1.54, 1.807) is 7.11 Å². The van der Waals surface area contributed by atoms with Crippen molar-refractivity contribution in [3.05, 3.63) is 23.9 Å². The number of aliphatic imine (C=N–C) groups is 1. The van der Waals surface area contributed by atoms with Gasteiger partial charge in [0.1, 0.15) is 0 Å². The van der Waals surface area contributed by atoms with Gasteiger partial charge >= 0.3 is 0 Å². The van der Waals surface area contributed by atoms with Gasteiger partial charge in [0.05, 0.1) is 6.61 Å². The standard InChI is InChI=1S/C20H34N4O2/c1-4-12-26-18-8-7-17(14-22-18)15-23-19(21-2)24-16-20(11-13-25-3)9-5-6-10-20/h7-8,14H,4-6,9-13,15-16H2,1-3H3,(H2,21,23,24). The summed E-state index contributed by atoms with van der Waals surface area (Å²) in [5.74, 6) is 1.51. The molecule has 1 aliphatic carbocycles. The first-order valence-electron chi connectivity index (χ1n) is 9.72. The van der Waals surface area contributed by atoms with Gasteiger partial charge in [-0.15, -0.1) is 0 Å². The van der Waals surface area contributed by atoms with Crippen LogP contribution < -0.4 is 15.4 Å². The highest BCUT2D eigenvalue weighted by atomic mass is 16.5. The summed E-state index contributed by atoms with van der Waals surface area (Å²) in [6, 6.07) is 3.95. The van der Waals surface area contributed by atoms with Crippen LogP contribution in [-0.2, 0) is 11.3 Å². The third-order valence-corrected chi connectivity index (χ3v) is 5.07. The molecule has 2 rings (SSSR count). The van der Waals surface area contributed by atoms with E-state index < -0.39 is 0 Å². The average molecular weight is 363 g/mol. The molecule has 0 radical (unpaired) electrons. The molecule has 0 aromatic carbocycles. The van der Waals surface area contributed by atoms with Crippen molar-refractivity contribution in [2.45, 2.75) is 52.0 Å². The summed E-state index contributed by atoms with van der Waals surface area (Å²) in [7, 11) is 3.59. The molecule has 1 aromatic heterocycles. The maximum atomic E-state index is 5.52. The second kappa shape index (κ2) is 11.0. The Hall–Kier alpha value is -1.82. The Morgan fingerprint density at radius 1 is 1.23 bits per heavy atom. The molecule has 26 heavy (non-hydrogen) atoms. The largest absolute Gasteiger partial charge is 0.478 e. The van der Waals surface area contributed by atoms with Gasteiger partial charge in [0.2, 0.25) is 5.88 Å². The highest BCUT2D eigenvalue weighted by Crippen LogP contribution is 2.40. The maximum Gasteiger partial charge on any atom is 0.213 e. The molecule has 1 heterocycles. The number of nitrogens with zero attached hydrogens (tertiary/aromatic N) is 2. The minimum atomic E-state index is 0.341. The zero-order valence-corrected chi connectivity index (χ0v) is 16.5. The topological polar surface area (TPSA) is 67.8 Å².